The Hall–Kier alpha value is -2.08. The summed E-state index contributed by atoms with van der Waals surface area (Å²) in [6.07, 6.45) is 0.112. The molecule has 0 unspecified atom stereocenters. The van der Waals surface area contributed by atoms with Crippen LogP contribution in [0.2, 0.25) is 0 Å². The van der Waals surface area contributed by atoms with E-state index < -0.39 is 12.0 Å². The number of aryl methyl sites for hydroxylation is 2. The molecule has 1 aromatic carbocycles. The third-order valence-electron chi connectivity index (χ3n) is 4.15. The second-order valence-corrected chi connectivity index (χ2v) is 6.20. The summed E-state index contributed by atoms with van der Waals surface area (Å²) in [5.74, 6) is -1.07. The highest BCUT2D eigenvalue weighted by Gasteiger charge is 2.25. The zero-order valence-corrected chi connectivity index (χ0v) is 13.8. The summed E-state index contributed by atoms with van der Waals surface area (Å²) in [7, 11) is 0. The van der Waals surface area contributed by atoms with E-state index in [-0.39, 0.29) is 18.7 Å². The molecule has 0 aliphatic carbocycles. The highest BCUT2D eigenvalue weighted by atomic mass is 16.4. The smallest absolute Gasteiger partial charge is 0.303 e. The molecule has 1 atom stereocenters. The van der Waals surface area contributed by atoms with Gasteiger partial charge in [0.05, 0.1) is 6.04 Å². The number of nitrogens with zero attached hydrogens (tertiary/aromatic N) is 2. The van der Waals surface area contributed by atoms with Crippen LogP contribution in [0.15, 0.2) is 18.2 Å². The van der Waals surface area contributed by atoms with Gasteiger partial charge in [0.2, 0.25) is 5.91 Å². The summed E-state index contributed by atoms with van der Waals surface area (Å²) >= 11 is 0. The molecule has 6 heteroatoms. The first-order valence-electron chi connectivity index (χ1n) is 7.96. The molecule has 0 spiro atoms. The molecule has 1 fully saturated rings. The Balaban J connectivity index is 1.90. The zero-order valence-electron chi connectivity index (χ0n) is 13.8. The van der Waals surface area contributed by atoms with Crippen molar-refractivity contribution in [1.82, 2.24) is 4.90 Å². The molecule has 1 saturated heterocycles. The lowest BCUT2D eigenvalue weighted by Gasteiger charge is -2.37. The summed E-state index contributed by atoms with van der Waals surface area (Å²) < 4.78 is 0. The van der Waals surface area contributed by atoms with Crippen LogP contribution in [0.4, 0.5) is 5.69 Å². The van der Waals surface area contributed by atoms with Gasteiger partial charge in [-0.1, -0.05) is 6.07 Å². The number of nitrogens with two attached hydrogens (primary N) is 1. The van der Waals surface area contributed by atoms with Gasteiger partial charge in [-0.05, 0) is 43.5 Å². The number of carboxylic acids is 1. The van der Waals surface area contributed by atoms with Crippen LogP contribution in [0.1, 0.15) is 24.0 Å². The van der Waals surface area contributed by atoms with Crippen molar-refractivity contribution in [1.29, 1.82) is 0 Å². The van der Waals surface area contributed by atoms with E-state index in [0.717, 1.165) is 13.1 Å². The minimum Gasteiger partial charge on any atom is -0.481 e. The molecule has 1 heterocycles. The van der Waals surface area contributed by atoms with Crippen molar-refractivity contribution in [2.75, 3.05) is 31.1 Å². The molecule has 0 radical (unpaired) electrons. The van der Waals surface area contributed by atoms with Crippen molar-refractivity contribution in [3.8, 4) is 0 Å². The first kappa shape index (κ1) is 17.3. The van der Waals surface area contributed by atoms with E-state index in [9.17, 15) is 9.59 Å². The number of carbonyl (C=O) groups is 2. The van der Waals surface area contributed by atoms with Crippen LogP contribution >= 0.6 is 0 Å². The van der Waals surface area contributed by atoms with Gasteiger partial charge in [-0.2, -0.15) is 0 Å². The second kappa shape index (κ2) is 7.46. The first-order chi connectivity index (χ1) is 10.9. The average Bonchev–Trinajstić information content (AvgIpc) is 2.51. The minimum atomic E-state index is -0.923. The quantitative estimate of drug-likeness (QED) is 0.850. The fourth-order valence-electron chi connectivity index (χ4n) is 2.96. The Bertz CT molecular complexity index is 560. The lowest BCUT2D eigenvalue weighted by molar-refractivity contribution is -0.137. The largest absolute Gasteiger partial charge is 0.481 e. The highest BCUT2D eigenvalue weighted by Crippen LogP contribution is 2.20. The van der Waals surface area contributed by atoms with Crippen LogP contribution in [-0.4, -0.2) is 54.1 Å². The number of piperazine rings is 1. The van der Waals surface area contributed by atoms with Crippen molar-refractivity contribution >= 4 is 17.6 Å². The van der Waals surface area contributed by atoms with Crippen molar-refractivity contribution in [2.24, 2.45) is 5.73 Å². The number of carbonyl (C=O) groups excluding carboxylic acids is 1. The molecule has 0 aromatic heterocycles. The molecule has 1 aromatic rings. The van der Waals surface area contributed by atoms with Crippen molar-refractivity contribution in [3.63, 3.8) is 0 Å². The third kappa shape index (κ3) is 4.69. The Morgan fingerprint density at radius 2 is 1.70 bits per heavy atom. The fraction of sp³-hybridized carbons (Fsp3) is 0.529. The Labute approximate surface area is 136 Å². The maximum Gasteiger partial charge on any atom is 0.303 e. The number of hydrogen-bond donors (Lipinski definition) is 2. The van der Waals surface area contributed by atoms with Crippen LogP contribution < -0.4 is 10.6 Å². The standard InChI is InChI=1S/C17H25N3O3/c1-12-9-13(2)11-14(10-12)19-5-7-20(8-6-19)17(23)15(18)3-4-16(21)22/h9-11,15H,3-8,18H2,1-2H3,(H,21,22)/t15-/m0/s1. The zero-order chi connectivity index (χ0) is 17.0. The van der Waals surface area contributed by atoms with E-state index in [4.69, 9.17) is 10.8 Å². The van der Waals surface area contributed by atoms with Gasteiger partial charge in [0, 0.05) is 38.3 Å². The van der Waals surface area contributed by atoms with Crippen molar-refractivity contribution in [2.45, 2.75) is 32.7 Å². The fourth-order valence-corrected chi connectivity index (χ4v) is 2.96. The molecular formula is C17H25N3O3. The monoisotopic (exact) mass is 319 g/mol. The summed E-state index contributed by atoms with van der Waals surface area (Å²) in [4.78, 5) is 26.8. The normalized spacial score (nSPS) is 16.3. The number of carboxylic acid groups (broad SMARTS) is 1. The molecule has 3 N–H and O–H groups in total. The minimum absolute atomic E-state index is 0.0740. The van der Waals surface area contributed by atoms with Gasteiger partial charge in [-0.25, -0.2) is 0 Å². The van der Waals surface area contributed by atoms with Gasteiger partial charge in [0.15, 0.2) is 0 Å². The maximum atomic E-state index is 12.3. The maximum absolute atomic E-state index is 12.3. The average molecular weight is 319 g/mol. The van der Waals surface area contributed by atoms with Gasteiger partial charge in [0.25, 0.3) is 0 Å². The van der Waals surface area contributed by atoms with Crippen LogP contribution in [0.25, 0.3) is 0 Å². The van der Waals surface area contributed by atoms with Gasteiger partial charge in [-0.3, -0.25) is 9.59 Å². The lowest BCUT2D eigenvalue weighted by Crippen LogP contribution is -2.53. The predicted molar refractivity (Wildman–Crippen MR) is 89.6 cm³/mol. The third-order valence-corrected chi connectivity index (χ3v) is 4.15. The van der Waals surface area contributed by atoms with Crippen molar-refractivity contribution in [3.05, 3.63) is 29.3 Å². The number of benzene rings is 1. The predicted octanol–water partition coefficient (Wildman–Crippen LogP) is 1.14. The number of amides is 1. The molecular weight excluding hydrogens is 294 g/mol. The molecule has 23 heavy (non-hydrogen) atoms. The van der Waals surface area contributed by atoms with E-state index in [1.165, 1.54) is 16.8 Å². The number of hydrogen-bond acceptors (Lipinski definition) is 4. The Morgan fingerprint density at radius 1 is 1.13 bits per heavy atom. The molecule has 0 saturated carbocycles. The summed E-state index contributed by atoms with van der Waals surface area (Å²) in [6, 6.07) is 5.73. The van der Waals surface area contributed by atoms with Crippen LogP contribution in [0.5, 0.6) is 0 Å². The van der Waals surface area contributed by atoms with E-state index in [1.54, 1.807) is 4.90 Å². The second-order valence-electron chi connectivity index (χ2n) is 6.20. The molecule has 0 bridgehead atoms. The SMILES string of the molecule is Cc1cc(C)cc(N2CCN(C(=O)[C@@H](N)CCC(=O)O)CC2)c1. The van der Waals surface area contributed by atoms with Crippen molar-refractivity contribution < 1.29 is 14.7 Å². The van der Waals surface area contributed by atoms with E-state index in [2.05, 4.69) is 36.9 Å². The Morgan fingerprint density at radius 3 is 2.22 bits per heavy atom. The highest BCUT2D eigenvalue weighted by molar-refractivity contribution is 5.82. The molecule has 1 aliphatic rings. The number of aliphatic carboxylic acids is 1. The van der Waals surface area contributed by atoms with Gasteiger partial charge >= 0.3 is 5.97 Å². The molecule has 126 valence electrons. The number of rotatable bonds is 5. The topological polar surface area (TPSA) is 86.9 Å². The van der Waals surface area contributed by atoms with Crippen LogP contribution in [0, 0.1) is 13.8 Å². The van der Waals surface area contributed by atoms with Gasteiger partial charge < -0.3 is 20.6 Å². The molecule has 1 amide bonds. The van der Waals surface area contributed by atoms with Crippen LogP contribution in [0.3, 0.4) is 0 Å². The van der Waals surface area contributed by atoms with Crippen LogP contribution in [-0.2, 0) is 9.59 Å². The van der Waals surface area contributed by atoms with E-state index in [0.29, 0.717) is 13.1 Å². The Kier molecular flexibility index (Phi) is 5.60. The molecule has 1 aliphatic heterocycles. The molecule has 2 rings (SSSR count). The molecule has 6 nitrogen and oxygen atoms in total. The van der Waals surface area contributed by atoms with E-state index >= 15 is 0 Å². The summed E-state index contributed by atoms with van der Waals surface area (Å²) in [5, 5.41) is 8.67. The van der Waals surface area contributed by atoms with E-state index in [1.807, 2.05) is 0 Å². The first-order valence-corrected chi connectivity index (χ1v) is 7.96. The van der Waals surface area contributed by atoms with Gasteiger partial charge in [0.1, 0.15) is 0 Å². The van der Waals surface area contributed by atoms with Gasteiger partial charge in [-0.15, -0.1) is 0 Å². The lowest BCUT2D eigenvalue weighted by atomic mass is 10.1. The number of anilines is 1. The summed E-state index contributed by atoms with van der Waals surface area (Å²) in [5.41, 5.74) is 9.46. The summed E-state index contributed by atoms with van der Waals surface area (Å²) in [6.45, 7) is 6.93.